The van der Waals surface area contributed by atoms with E-state index in [0.717, 1.165) is 17.9 Å². The van der Waals surface area contributed by atoms with Crippen LogP contribution in [0.1, 0.15) is 41.9 Å². The molecule has 0 radical (unpaired) electrons. The molecular formula is C15H20N2O2S. The van der Waals surface area contributed by atoms with E-state index in [2.05, 4.69) is 22.3 Å². The van der Waals surface area contributed by atoms with Crippen LogP contribution in [0.5, 0.6) is 0 Å². The lowest BCUT2D eigenvalue weighted by Gasteiger charge is -2.03. The van der Waals surface area contributed by atoms with E-state index in [-0.39, 0.29) is 5.91 Å². The van der Waals surface area contributed by atoms with Crippen molar-refractivity contribution in [3.05, 3.63) is 23.3 Å². The Hall–Kier alpha value is -1.33. The van der Waals surface area contributed by atoms with Crippen LogP contribution < -0.4 is 5.32 Å². The molecule has 2 aromatic heterocycles. The van der Waals surface area contributed by atoms with Crippen molar-refractivity contribution >= 4 is 27.3 Å². The Morgan fingerprint density at radius 2 is 2.35 bits per heavy atom. The summed E-state index contributed by atoms with van der Waals surface area (Å²) in [5.41, 5.74) is 0. The molecule has 1 aliphatic rings. The topological polar surface area (TPSA) is 43.3 Å². The van der Waals surface area contributed by atoms with Gasteiger partial charge >= 0.3 is 0 Å². The predicted octanol–water partition coefficient (Wildman–Crippen LogP) is 3.19. The smallest absolute Gasteiger partial charge is 0.261 e. The first-order chi connectivity index (χ1) is 9.78. The maximum absolute atomic E-state index is 12.0. The molecule has 108 valence electrons. The zero-order valence-electron chi connectivity index (χ0n) is 11.7. The molecule has 20 heavy (non-hydrogen) atoms. The normalized spacial score (nSPS) is 14.8. The number of rotatable bonds is 7. The lowest BCUT2D eigenvalue weighted by molar-refractivity contribution is 0.0948. The SMILES string of the molecule is CCOCCCNC(=O)c1cc2cn(C3CC3)cc2s1. The maximum atomic E-state index is 12.0. The summed E-state index contributed by atoms with van der Waals surface area (Å²) in [7, 11) is 0. The van der Waals surface area contributed by atoms with Gasteiger partial charge < -0.3 is 14.6 Å². The summed E-state index contributed by atoms with van der Waals surface area (Å²) in [5.74, 6) is 0.0284. The minimum Gasteiger partial charge on any atom is -0.382 e. The van der Waals surface area contributed by atoms with Gasteiger partial charge in [-0.1, -0.05) is 0 Å². The van der Waals surface area contributed by atoms with Crippen molar-refractivity contribution in [2.45, 2.75) is 32.2 Å². The summed E-state index contributed by atoms with van der Waals surface area (Å²) in [4.78, 5) is 12.8. The molecule has 0 spiro atoms. The van der Waals surface area contributed by atoms with Crippen molar-refractivity contribution in [1.82, 2.24) is 9.88 Å². The van der Waals surface area contributed by atoms with E-state index in [0.29, 0.717) is 19.2 Å². The molecule has 5 heteroatoms. The van der Waals surface area contributed by atoms with Gasteiger partial charge in [-0.3, -0.25) is 4.79 Å². The molecule has 0 unspecified atom stereocenters. The molecule has 3 rings (SSSR count). The minimum absolute atomic E-state index is 0.0284. The van der Waals surface area contributed by atoms with Crippen LogP contribution in [-0.4, -0.2) is 30.2 Å². The zero-order valence-corrected chi connectivity index (χ0v) is 12.5. The molecular weight excluding hydrogens is 272 g/mol. The molecule has 0 atom stereocenters. The van der Waals surface area contributed by atoms with Crippen LogP contribution in [0.25, 0.3) is 10.1 Å². The van der Waals surface area contributed by atoms with Gasteiger partial charge in [0.2, 0.25) is 0 Å². The summed E-state index contributed by atoms with van der Waals surface area (Å²) < 4.78 is 8.73. The third-order valence-electron chi connectivity index (χ3n) is 3.49. The van der Waals surface area contributed by atoms with Gasteiger partial charge in [-0.15, -0.1) is 11.3 Å². The monoisotopic (exact) mass is 292 g/mol. The number of fused-ring (bicyclic) bond motifs is 1. The van der Waals surface area contributed by atoms with Crippen LogP contribution in [-0.2, 0) is 4.74 Å². The van der Waals surface area contributed by atoms with Crippen LogP contribution in [0.15, 0.2) is 18.5 Å². The van der Waals surface area contributed by atoms with E-state index in [1.807, 2.05) is 13.0 Å². The van der Waals surface area contributed by atoms with Crippen molar-refractivity contribution in [1.29, 1.82) is 0 Å². The fourth-order valence-corrected chi connectivity index (χ4v) is 3.25. The first-order valence-electron chi connectivity index (χ1n) is 7.25. The fraction of sp³-hybridized carbons (Fsp3) is 0.533. The highest BCUT2D eigenvalue weighted by molar-refractivity contribution is 7.20. The van der Waals surface area contributed by atoms with E-state index in [1.165, 1.54) is 22.9 Å². The summed E-state index contributed by atoms with van der Waals surface area (Å²) in [6.45, 7) is 4.08. The Kier molecular flexibility index (Phi) is 4.08. The number of thiophene rings is 1. The summed E-state index contributed by atoms with van der Waals surface area (Å²) in [6.07, 6.45) is 7.77. The van der Waals surface area contributed by atoms with Crippen LogP contribution in [0.4, 0.5) is 0 Å². The standard InChI is InChI=1S/C15H20N2O2S/c1-2-19-7-3-6-16-15(18)13-8-11-9-17(12-4-5-12)10-14(11)20-13/h8-10,12H,2-7H2,1H3,(H,16,18). The largest absolute Gasteiger partial charge is 0.382 e. The lowest BCUT2D eigenvalue weighted by Crippen LogP contribution is -2.24. The van der Waals surface area contributed by atoms with Crippen molar-refractivity contribution in [2.75, 3.05) is 19.8 Å². The van der Waals surface area contributed by atoms with E-state index in [9.17, 15) is 4.79 Å². The molecule has 1 amide bonds. The van der Waals surface area contributed by atoms with E-state index < -0.39 is 0 Å². The van der Waals surface area contributed by atoms with E-state index in [4.69, 9.17) is 4.74 Å². The number of ether oxygens (including phenoxy) is 1. The second kappa shape index (κ2) is 5.97. The van der Waals surface area contributed by atoms with Crippen LogP contribution in [0.3, 0.4) is 0 Å². The van der Waals surface area contributed by atoms with Gasteiger partial charge in [0.1, 0.15) is 0 Å². The predicted molar refractivity (Wildman–Crippen MR) is 81.5 cm³/mol. The Morgan fingerprint density at radius 1 is 1.50 bits per heavy atom. The first-order valence-corrected chi connectivity index (χ1v) is 8.06. The van der Waals surface area contributed by atoms with Gasteiger partial charge in [-0.25, -0.2) is 0 Å². The molecule has 0 aromatic carbocycles. The average Bonchev–Trinajstić information content (AvgIpc) is 3.09. The van der Waals surface area contributed by atoms with Crippen LogP contribution in [0, 0.1) is 0 Å². The van der Waals surface area contributed by atoms with Crippen molar-refractivity contribution in [2.24, 2.45) is 0 Å². The Morgan fingerprint density at radius 3 is 3.05 bits per heavy atom. The summed E-state index contributed by atoms with van der Waals surface area (Å²) in [5, 5.41) is 4.12. The fourth-order valence-electron chi connectivity index (χ4n) is 2.26. The van der Waals surface area contributed by atoms with Crippen molar-refractivity contribution < 1.29 is 9.53 Å². The molecule has 1 aliphatic carbocycles. The Balaban J connectivity index is 1.56. The average molecular weight is 292 g/mol. The van der Waals surface area contributed by atoms with E-state index >= 15 is 0 Å². The third-order valence-corrected chi connectivity index (χ3v) is 4.58. The lowest BCUT2D eigenvalue weighted by atomic mass is 10.3. The number of amides is 1. The second-order valence-corrected chi connectivity index (χ2v) is 6.26. The maximum Gasteiger partial charge on any atom is 0.261 e. The molecule has 2 aromatic rings. The van der Waals surface area contributed by atoms with Crippen LogP contribution >= 0.6 is 11.3 Å². The number of hydrogen-bond acceptors (Lipinski definition) is 3. The molecule has 0 bridgehead atoms. The summed E-state index contributed by atoms with van der Waals surface area (Å²) in [6, 6.07) is 2.70. The Bertz CT molecular complexity index is 567. The Labute approximate surface area is 122 Å². The third kappa shape index (κ3) is 3.04. The number of aromatic nitrogens is 1. The molecule has 1 saturated carbocycles. The number of carbonyl (C=O) groups excluding carboxylic acids is 1. The highest BCUT2D eigenvalue weighted by Gasteiger charge is 2.23. The van der Waals surface area contributed by atoms with Crippen LogP contribution in [0.2, 0.25) is 0 Å². The van der Waals surface area contributed by atoms with Gasteiger partial charge in [0, 0.05) is 43.6 Å². The number of hydrogen-bond donors (Lipinski definition) is 1. The molecule has 1 N–H and O–H groups in total. The van der Waals surface area contributed by atoms with Crippen molar-refractivity contribution in [3.8, 4) is 0 Å². The molecule has 1 fully saturated rings. The van der Waals surface area contributed by atoms with Gasteiger partial charge in [-0.05, 0) is 32.3 Å². The number of nitrogens with zero attached hydrogens (tertiary/aromatic N) is 1. The molecule has 0 saturated heterocycles. The molecule has 2 heterocycles. The quantitative estimate of drug-likeness (QED) is 0.796. The highest BCUT2D eigenvalue weighted by Crippen LogP contribution is 2.38. The highest BCUT2D eigenvalue weighted by atomic mass is 32.1. The van der Waals surface area contributed by atoms with E-state index in [1.54, 1.807) is 11.3 Å². The number of nitrogens with one attached hydrogen (secondary N) is 1. The molecule has 0 aliphatic heterocycles. The number of carbonyl (C=O) groups is 1. The van der Waals surface area contributed by atoms with Crippen molar-refractivity contribution in [3.63, 3.8) is 0 Å². The minimum atomic E-state index is 0.0284. The summed E-state index contributed by atoms with van der Waals surface area (Å²) >= 11 is 1.58. The van der Waals surface area contributed by atoms with Gasteiger partial charge in [-0.2, -0.15) is 0 Å². The zero-order chi connectivity index (χ0) is 13.9. The first kappa shape index (κ1) is 13.6. The van der Waals surface area contributed by atoms with Gasteiger partial charge in [0.15, 0.2) is 0 Å². The molecule has 4 nitrogen and oxygen atoms in total. The van der Waals surface area contributed by atoms with Gasteiger partial charge in [0.05, 0.1) is 9.58 Å². The second-order valence-electron chi connectivity index (χ2n) is 5.17. The van der Waals surface area contributed by atoms with Gasteiger partial charge in [0.25, 0.3) is 5.91 Å².